The van der Waals surface area contributed by atoms with Gasteiger partial charge in [0.05, 0.1) is 0 Å². The van der Waals surface area contributed by atoms with E-state index in [9.17, 15) is 0 Å². The van der Waals surface area contributed by atoms with Gasteiger partial charge < -0.3 is 15.3 Å². The molecule has 22 heavy (non-hydrogen) atoms. The number of carboxylic acids is 3. The Kier molecular flexibility index (Phi) is 12.8. The summed E-state index contributed by atoms with van der Waals surface area (Å²) in [6, 6.07) is 16.7. The maximum atomic E-state index is 9.00. The monoisotopic (exact) mass is 308 g/mol. The van der Waals surface area contributed by atoms with Crippen LogP contribution in [0, 0.1) is 0 Å². The number of carboxylic acid groups (broad SMARTS) is 3. The highest BCUT2D eigenvalue weighted by atomic mass is 16.4. The fourth-order valence-corrected chi connectivity index (χ4v) is 1.13. The third-order valence-corrected chi connectivity index (χ3v) is 1.66. The van der Waals surface area contributed by atoms with Crippen LogP contribution in [-0.4, -0.2) is 33.2 Å². The molecule has 0 aliphatic carbocycles. The van der Waals surface area contributed by atoms with Gasteiger partial charge in [0.1, 0.15) is 0 Å². The van der Waals surface area contributed by atoms with Crippen molar-refractivity contribution in [3.8, 4) is 0 Å². The van der Waals surface area contributed by atoms with Crippen LogP contribution in [0.25, 0.3) is 10.8 Å². The molecule has 0 aliphatic rings. The summed E-state index contributed by atoms with van der Waals surface area (Å²) < 4.78 is 0. The van der Waals surface area contributed by atoms with Gasteiger partial charge in [0.15, 0.2) is 0 Å². The van der Waals surface area contributed by atoms with Crippen LogP contribution < -0.4 is 0 Å². The summed E-state index contributed by atoms with van der Waals surface area (Å²) in [5.41, 5.74) is 0. The van der Waals surface area contributed by atoms with Gasteiger partial charge in [-0.15, -0.1) is 0 Å². The van der Waals surface area contributed by atoms with Gasteiger partial charge in [-0.05, 0) is 10.8 Å². The van der Waals surface area contributed by atoms with Crippen molar-refractivity contribution < 1.29 is 29.7 Å². The Morgan fingerprint density at radius 2 is 0.727 bits per heavy atom. The summed E-state index contributed by atoms with van der Waals surface area (Å²) >= 11 is 0. The zero-order chi connectivity index (χ0) is 17.5. The van der Waals surface area contributed by atoms with E-state index in [1.807, 2.05) is 0 Å². The van der Waals surface area contributed by atoms with Crippen LogP contribution in [0.3, 0.4) is 0 Å². The van der Waals surface area contributed by atoms with Gasteiger partial charge in [-0.3, -0.25) is 14.4 Å². The van der Waals surface area contributed by atoms with Gasteiger partial charge in [0.2, 0.25) is 0 Å². The molecule has 6 heteroatoms. The molecule has 2 aromatic carbocycles. The Balaban J connectivity index is 0. The van der Waals surface area contributed by atoms with E-state index < -0.39 is 17.9 Å². The lowest BCUT2D eigenvalue weighted by Crippen LogP contribution is -1.78. The second-order valence-electron chi connectivity index (χ2n) is 3.90. The molecule has 0 aliphatic heterocycles. The second-order valence-corrected chi connectivity index (χ2v) is 3.90. The van der Waals surface area contributed by atoms with Crippen molar-refractivity contribution in [2.75, 3.05) is 0 Å². The Morgan fingerprint density at radius 1 is 0.591 bits per heavy atom. The average molecular weight is 308 g/mol. The van der Waals surface area contributed by atoms with Crippen molar-refractivity contribution in [3.63, 3.8) is 0 Å². The van der Waals surface area contributed by atoms with Crippen LogP contribution >= 0.6 is 0 Å². The maximum absolute atomic E-state index is 9.00. The molecule has 0 spiro atoms. The highest BCUT2D eigenvalue weighted by Crippen LogP contribution is 2.11. The smallest absolute Gasteiger partial charge is 0.300 e. The molecule has 2 aromatic rings. The van der Waals surface area contributed by atoms with E-state index >= 15 is 0 Å². The predicted molar refractivity (Wildman–Crippen MR) is 83.9 cm³/mol. The lowest BCUT2D eigenvalue weighted by molar-refractivity contribution is -0.135. The first-order valence-electron chi connectivity index (χ1n) is 6.19. The minimum Gasteiger partial charge on any atom is -0.481 e. The molecule has 3 N–H and O–H groups in total. The third-order valence-electron chi connectivity index (χ3n) is 1.66. The van der Waals surface area contributed by atoms with E-state index in [0.717, 1.165) is 20.8 Å². The van der Waals surface area contributed by atoms with Crippen LogP contribution in [-0.2, 0) is 14.4 Å². The summed E-state index contributed by atoms with van der Waals surface area (Å²) in [7, 11) is 0. The fraction of sp³-hybridized carbons (Fsp3) is 0.188. The molecule has 0 saturated carbocycles. The molecule has 0 atom stereocenters. The van der Waals surface area contributed by atoms with Gasteiger partial charge in [-0.25, -0.2) is 0 Å². The molecule has 0 fully saturated rings. The Hall–Kier alpha value is -2.89. The second kappa shape index (κ2) is 13.1. The summed E-state index contributed by atoms with van der Waals surface area (Å²) in [6.07, 6.45) is 0. The number of hydrogen-bond acceptors (Lipinski definition) is 3. The molecule has 0 bridgehead atoms. The predicted octanol–water partition coefficient (Wildman–Crippen LogP) is 3.11. The van der Waals surface area contributed by atoms with Gasteiger partial charge >= 0.3 is 0 Å². The number of aliphatic carboxylic acids is 3. The summed E-state index contributed by atoms with van der Waals surface area (Å²) in [5, 5.41) is 24.9. The molecule has 6 nitrogen and oxygen atoms in total. The van der Waals surface area contributed by atoms with Gasteiger partial charge in [-0.1, -0.05) is 48.5 Å². The van der Waals surface area contributed by atoms with Crippen molar-refractivity contribution >= 4 is 28.7 Å². The average Bonchev–Trinajstić information content (AvgIpc) is 2.37. The van der Waals surface area contributed by atoms with Gasteiger partial charge in [0.25, 0.3) is 17.9 Å². The fourth-order valence-electron chi connectivity index (χ4n) is 1.13. The largest absolute Gasteiger partial charge is 0.481 e. The number of benzene rings is 2. The van der Waals surface area contributed by atoms with Crippen molar-refractivity contribution in [1.82, 2.24) is 0 Å². The molecule has 2 rings (SSSR count). The quantitative estimate of drug-likeness (QED) is 0.689. The van der Waals surface area contributed by atoms with Gasteiger partial charge in [-0.2, -0.15) is 0 Å². The van der Waals surface area contributed by atoms with E-state index in [4.69, 9.17) is 29.7 Å². The number of fused-ring (bicyclic) bond motifs is 1. The first-order chi connectivity index (χ1) is 10.2. The van der Waals surface area contributed by atoms with Crippen LogP contribution in [0.1, 0.15) is 20.8 Å². The highest BCUT2D eigenvalue weighted by Gasteiger charge is 1.85. The van der Waals surface area contributed by atoms with Crippen LogP contribution in [0.2, 0.25) is 0 Å². The summed E-state index contributed by atoms with van der Waals surface area (Å²) in [6.45, 7) is 3.25. The van der Waals surface area contributed by atoms with E-state index in [1.165, 1.54) is 10.8 Å². The van der Waals surface area contributed by atoms with Crippen LogP contribution in [0.5, 0.6) is 0 Å². The Labute approximate surface area is 128 Å². The molecule has 0 heterocycles. The highest BCUT2D eigenvalue weighted by molar-refractivity contribution is 5.82. The molecular weight excluding hydrogens is 288 g/mol. The van der Waals surface area contributed by atoms with E-state index in [2.05, 4.69) is 48.5 Å². The van der Waals surface area contributed by atoms with E-state index in [1.54, 1.807) is 0 Å². The molecule has 0 saturated heterocycles. The molecule has 0 radical (unpaired) electrons. The number of rotatable bonds is 0. The van der Waals surface area contributed by atoms with Crippen molar-refractivity contribution in [2.24, 2.45) is 0 Å². The van der Waals surface area contributed by atoms with Crippen LogP contribution in [0.4, 0.5) is 0 Å². The van der Waals surface area contributed by atoms with Crippen molar-refractivity contribution in [1.29, 1.82) is 0 Å². The lowest BCUT2D eigenvalue weighted by atomic mass is 10.1. The minimum atomic E-state index is -0.833. The molecule has 0 aromatic heterocycles. The standard InChI is InChI=1S/C10H8.3C2H4O2/c1-2-6-10-8-4-3-7-9(10)5-1;3*1-2(3)4/h1-8H;3*1H3,(H,3,4). The Bertz CT molecular complexity index is 486. The summed E-state index contributed by atoms with van der Waals surface area (Å²) in [5.74, 6) is -2.50. The van der Waals surface area contributed by atoms with Gasteiger partial charge in [0, 0.05) is 20.8 Å². The zero-order valence-electron chi connectivity index (χ0n) is 12.7. The first kappa shape index (κ1) is 21.4. The minimum absolute atomic E-state index is 0.833. The van der Waals surface area contributed by atoms with E-state index in [-0.39, 0.29) is 0 Å². The molecule has 120 valence electrons. The number of hydrogen-bond donors (Lipinski definition) is 3. The van der Waals surface area contributed by atoms with Crippen LogP contribution in [0.15, 0.2) is 48.5 Å². The summed E-state index contributed by atoms with van der Waals surface area (Å²) in [4.78, 5) is 27.0. The first-order valence-corrected chi connectivity index (χ1v) is 6.19. The normalized spacial score (nSPS) is 7.95. The SMILES string of the molecule is CC(=O)O.CC(=O)O.CC(=O)O.c1ccc2ccccc2c1. The lowest BCUT2D eigenvalue weighted by Gasteiger charge is -1.92. The third kappa shape index (κ3) is 19.4. The number of carbonyl (C=O) groups is 3. The zero-order valence-corrected chi connectivity index (χ0v) is 12.7. The van der Waals surface area contributed by atoms with E-state index in [0.29, 0.717) is 0 Å². The molecular formula is C16H20O6. The van der Waals surface area contributed by atoms with Crippen molar-refractivity contribution in [2.45, 2.75) is 20.8 Å². The molecule has 0 amide bonds. The van der Waals surface area contributed by atoms with Crippen molar-refractivity contribution in [3.05, 3.63) is 48.5 Å². The topological polar surface area (TPSA) is 112 Å². The Morgan fingerprint density at radius 3 is 0.864 bits per heavy atom. The maximum Gasteiger partial charge on any atom is 0.300 e. The molecule has 0 unspecified atom stereocenters.